The molecule has 0 spiro atoms. The van der Waals surface area contributed by atoms with E-state index in [-0.39, 0.29) is 0 Å². The van der Waals surface area contributed by atoms with Gasteiger partial charge in [-0.25, -0.2) is 4.98 Å². The molecule has 1 N–H and O–H groups in total. The quantitative estimate of drug-likeness (QED) is 0.833. The van der Waals surface area contributed by atoms with E-state index in [1.165, 1.54) is 0 Å². The van der Waals surface area contributed by atoms with Crippen LogP contribution in [-0.2, 0) is 6.54 Å². The van der Waals surface area contributed by atoms with Crippen molar-refractivity contribution in [1.82, 2.24) is 4.98 Å². The molecule has 1 aromatic heterocycles. The fourth-order valence-electron chi connectivity index (χ4n) is 1.42. The van der Waals surface area contributed by atoms with Gasteiger partial charge in [0.25, 0.3) is 0 Å². The SMILES string of the molecule is Cc1nc(CNc2cc(I)ccc2Cl)oc1C. The predicted octanol–water partition coefficient (Wildman–Crippen LogP) is 4.16. The largest absolute Gasteiger partial charge is 0.444 e. The highest BCUT2D eigenvalue weighted by molar-refractivity contribution is 14.1. The Balaban J connectivity index is 2.09. The molecule has 0 atom stereocenters. The molecular formula is C12H12ClIN2O. The number of rotatable bonds is 3. The van der Waals surface area contributed by atoms with Crippen molar-refractivity contribution in [3.8, 4) is 0 Å². The van der Waals surface area contributed by atoms with Crippen molar-refractivity contribution in [2.75, 3.05) is 5.32 Å². The van der Waals surface area contributed by atoms with Crippen LogP contribution in [0.1, 0.15) is 17.3 Å². The van der Waals surface area contributed by atoms with E-state index in [0.29, 0.717) is 17.5 Å². The minimum absolute atomic E-state index is 0.536. The second-order valence-electron chi connectivity index (χ2n) is 3.73. The lowest BCUT2D eigenvalue weighted by atomic mass is 10.3. The molecule has 1 heterocycles. The molecule has 5 heteroatoms. The van der Waals surface area contributed by atoms with Crippen molar-refractivity contribution < 1.29 is 4.42 Å². The molecule has 0 saturated carbocycles. The first kappa shape index (κ1) is 12.7. The zero-order chi connectivity index (χ0) is 12.4. The van der Waals surface area contributed by atoms with Crippen LogP contribution in [0.5, 0.6) is 0 Å². The fraction of sp³-hybridized carbons (Fsp3) is 0.250. The Labute approximate surface area is 119 Å². The molecule has 17 heavy (non-hydrogen) atoms. The van der Waals surface area contributed by atoms with E-state index in [1.807, 2.05) is 32.0 Å². The molecule has 3 nitrogen and oxygen atoms in total. The van der Waals surface area contributed by atoms with E-state index in [1.54, 1.807) is 0 Å². The van der Waals surface area contributed by atoms with Crippen LogP contribution in [-0.4, -0.2) is 4.98 Å². The predicted molar refractivity (Wildman–Crippen MR) is 77.5 cm³/mol. The van der Waals surface area contributed by atoms with Crippen molar-refractivity contribution >= 4 is 39.9 Å². The summed E-state index contributed by atoms with van der Waals surface area (Å²) < 4.78 is 6.62. The van der Waals surface area contributed by atoms with Gasteiger partial charge in [0.15, 0.2) is 0 Å². The highest BCUT2D eigenvalue weighted by atomic mass is 127. The first-order chi connectivity index (χ1) is 8.06. The fourth-order valence-corrected chi connectivity index (χ4v) is 2.09. The van der Waals surface area contributed by atoms with Crippen LogP contribution in [0.4, 0.5) is 5.69 Å². The monoisotopic (exact) mass is 362 g/mol. The van der Waals surface area contributed by atoms with Crippen LogP contribution < -0.4 is 5.32 Å². The Bertz CT molecular complexity index is 520. The second-order valence-corrected chi connectivity index (χ2v) is 5.38. The molecule has 0 radical (unpaired) electrons. The van der Waals surface area contributed by atoms with Crippen LogP contribution in [0.3, 0.4) is 0 Å². The zero-order valence-electron chi connectivity index (χ0n) is 9.55. The molecule has 90 valence electrons. The molecule has 2 aromatic rings. The number of halogens is 2. The third kappa shape index (κ3) is 3.13. The van der Waals surface area contributed by atoms with Crippen molar-refractivity contribution in [3.63, 3.8) is 0 Å². The summed E-state index contributed by atoms with van der Waals surface area (Å²) in [5.74, 6) is 1.53. The molecule has 1 aromatic carbocycles. The summed E-state index contributed by atoms with van der Waals surface area (Å²) in [6.07, 6.45) is 0. The maximum atomic E-state index is 6.08. The Hall–Kier alpha value is -0.750. The minimum Gasteiger partial charge on any atom is -0.444 e. The van der Waals surface area contributed by atoms with Gasteiger partial charge >= 0.3 is 0 Å². The minimum atomic E-state index is 0.536. The molecule has 0 bridgehead atoms. The number of anilines is 1. The highest BCUT2D eigenvalue weighted by Gasteiger charge is 2.06. The summed E-state index contributed by atoms with van der Waals surface area (Å²) >= 11 is 8.33. The molecule has 0 aliphatic carbocycles. The van der Waals surface area contributed by atoms with Crippen LogP contribution >= 0.6 is 34.2 Å². The van der Waals surface area contributed by atoms with Crippen LogP contribution in [0.15, 0.2) is 22.6 Å². The van der Waals surface area contributed by atoms with Gasteiger partial charge in [-0.3, -0.25) is 0 Å². The standard InChI is InChI=1S/C12H12ClIN2O/c1-7-8(2)17-12(16-7)6-15-11-5-9(14)3-4-10(11)13/h3-5,15H,6H2,1-2H3. The van der Waals surface area contributed by atoms with Gasteiger partial charge in [-0.1, -0.05) is 11.6 Å². The number of hydrogen-bond acceptors (Lipinski definition) is 3. The summed E-state index contributed by atoms with van der Waals surface area (Å²) in [4.78, 5) is 4.30. The molecule has 0 saturated heterocycles. The normalized spacial score (nSPS) is 10.6. The second kappa shape index (κ2) is 5.27. The number of benzene rings is 1. The van der Waals surface area contributed by atoms with Gasteiger partial charge in [-0.15, -0.1) is 0 Å². The van der Waals surface area contributed by atoms with Gasteiger partial charge in [0.1, 0.15) is 5.76 Å². The number of nitrogens with one attached hydrogen (secondary N) is 1. The van der Waals surface area contributed by atoms with Crippen LogP contribution in [0, 0.1) is 17.4 Å². The molecule has 0 unspecified atom stereocenters. The molecule has 0 aliphatic rings. The van der Waals surface area contributed by atoms with Crippen molar-refractivity contribution in [2.24, 2.45) is 0 Å². The van der Waals surface area contributed by atoms with Gasteiger partial charge in [0.2, 0.25) is 5.89 Å². The van der Waals surface area contributed by atoms with E-state index in [9.17, 15) is 0 Å². The maximum absolute atomic E-state index is 6.08. The van der Waals surface area contributed by atoms with Gasteiger partial charge < -0.3 is 9.73 Å². The molecule has 0 fully saturated rings. The zero-order valence-corrected chi connectivity index (χ0v) is 12.5. The average Bonchev–Trinajstić information content (AvgIpc) is 2.60. The summed E-state index contributed by atoms with van der Waals surface area (Å²) in [7, 11) is 0. The number of aromatic nitrogens is 1. The van der Waals surface area contributed by atoms with Crippen LogP contribution in [0.25, 0.3) is 0 Å². The van der Waals surface area contributed by atoms with Crippen molar-refractivity contribution in [1.29, 1.82) is 0 Å². The Morgan fingerprint density at radius 1 is 1.41 bits per heavy atom. The van der Waals surface area contributed by atoms with Crippen molar-refractivity contribution in [3.05, 3.63) is 44.1 Å². The summed E-state index contributed by atoms with van der Waals surface area (Å²) in [6.45, 7) is 4.37. The van der Waals surface area contributed by atoms with Gasteiger partial charge in [-0.2, -0.15) is 0 Å². The number of hydrogen-bond donors (Lipinski definition) is 1. The maximum Gasteiger partial charge on any atom is 0.213 e. The van der Waals surface area contributed by atoms with E-state index in [0.717, 1.165) is 20.7 Å². The number of nitrogens with zero attached hydrogens (tertiary/aromatic N) is 1. The topological polar surface area (TPSA) is 38.1 Å². The lowest BCUT2D eigenvalue weighted by molar-refractivity contribution is 0.478. The summed E-state index contributed by atoms with van der Waals surface area (Å²) in [5.41, 5.74) is 1.82. The van der Waals surface area contributed by atoms with Crippen molar-refractivity contribution in [2.45, 2.75) is 20.4 Å². The van der Waals surface area contributed by atoms with Gasteiger partial charge in [-0.05, 0) is 54.6 Å². The van der Waals surface area contributed by atoms with Gasteiger partial charge in [0.05, 0.1) is 22.9 Å². The van der Waals surface area contributed by atoms with E-state index in [4.69, 9.17) is 16.0 Å². The molecule has 2 rings (SSSR count). The molecular weight excluding hydrogens is 351 g/mol. The van der Waals surface area contributed by atoms with E-state index >= 15 is 0 Å². The lowest BCUT2D eigenvalue weighted by Crippen LogP contribution is -2.00. The third-order valence-corrected chi connectivity index (χ3v) is 3.43. The number of oxazole rings is 1. The molecule has 0 amide bonds. The summed E-state index contributed by atoms with van der Waals surface area (Å²) in [6, 6.07) is 5.83. The average molecular weight is 363 g/mol. The van der Waals surface area contributed by atoms with Gasteiger partial charge in [0, 0.05) is 3.57 Å². The summed E-state index contributed by atoms with van der Waals surface area (Å²) in [5, 5.41) is 3.92. The smallest absolute Gasteiger partial charge is 0.213 e. The Morgan fingerprint density at radius 2 is 2.18 bits per heavy atom. The third-order valence-electron chi connectivity index (χ3n) is 2.43. The molecule has 0 aliphatic heterocycles. The van der Waals surface area contributed by atoms with Crippen LogP contribution in [0.2, 0.25) is 5.02 Å². The number of aryl methyl sites for hydroxylation is 2. The Morgan fingerprint density at radius 3 is 2.82 bits per heavy atom. The van der Waals surface area contributed by atoms with E-state index in [2.05, 4.69) is 32.9 Å². The first-order valence-corrected chi connectivity index (χ1v) is 6.64. The Kier molecular flexibility index (Phi) is 3.93. The lowest BCUT2D eigenvalue weighted by Gasteiger charge is -2.06. The highest BCUT2D eigenvalue weighted by Crippen LogP contribution is 2.24. The van der Waals surface area contributed by atoms with E-state index < -0.39 is 0 Å². The first-order valence-electron chi connectivity index (χ1n) is 5.18.